The molecule has 630 valence electrons. The molecule has 14 nitrogen and oxygen atoms in total. The van der Waals surface area contributed by atoms with Gasteiger partial charge in [0.15, 0.2) is 44.2 Å². The zero-order valence-corrected chi connectivity index (χ0v) is 80.6. The molecule has 0 aromatic heterocycles. The van der Waals surface area contributed by atoms with Crippen LogP contribution >= 0.6 is 58.8 Å². The Hall–Kier alpha value is -1.45. The largest absolute Gasteiger partial charge is 0.508 e. The zero-order valence-electron chi connectivity index (χ0n) is 74.6. The Bertz CT molecular complexity index is 2740. The van der Waals surface area contributed by atoms with E-state index in [0.717, 1.165) is 64.9 Å². The van der Waals surface area contributed by atoms with Crippen LogP contribution in [0.2, 0.25) is 36.3 Å². The standard InChI is InChI=1S/C23H50O3SSi2.C22H34O6S.C15H28O2S.C13H25NS.C12H24O2S.CH4/c1-20(2,3)15-16-27-19(24)23(10,17-25-28(11,12)21(4,5)6)18-26-29(13,14)22(7,8)9;1-15-11-17(25-7)18(26-8)12-16(15)13-27-20(24)28-14-22(5,6)19(23)29-10-9-21(2,3)4;1-12(18-9-8-13(2,3)4)15(7)10-16-14(5,6)17-11-15;1-11(13(5)7-6-9-14-13)15-10-8-12(2,3)4;1-10(12(5,8-13)9-14)15-7-6-11(2,3)4;/h15-18H2,1-14H3;11-12H,9-10,13-14H2,1-8H3;1,8-11H2,2-7H3;14H,1,6-10H2,2-5H3;13-14H,1,6-9H2,2-5H3;1H4. The van der Waals surface area contributed by atoms with Gasteiger partial charge in [-0.3, -0.25) is 9.59 Å². The van der Waals surface area contributed by atoms with E-state index in [4.69, 9.17) is 37.3 Å². The van der Waals surface area contributed by atoms with Crippen molar-refractivity contribution in [1.82, 2.24) is 5.32 Å². The first-order chi connectivity index (χ1) is 47.6. The van der Waals surface area contributed by atoms with Gasteiger partial charge in [0.25, 0.3) is 0 Å². The molecule has 2 saturated heterocycles. The number of aliphatic hydroxyl groups is 2. The Labute approximate surface area is 682 Å². The summed E-state index contributed by atoms with van der Waals surface area (Å²) in [5.41, 5.74) is 1.44. The molecule has 0 spiro atoms. The Morgan fingerprint density at radius 3 is 1.24 bits per heavy atom. The number of rotatable bonds is 32. The highest BCUT2D eigenvalue weighted by Crippen LogP contribution is 2.44. The molecular weight excluding hydrogens is 1470 g/mol. The van der Waals surface area contributed by atoms with Crippen LogP contribution in [0.3, 0.4) is 0 Å². The van der Waals surface area contributed by atoms with Crippen molar-refractivity contribution in [2.45, 2.75) is 314 Å². The van der Waals surface area contributed by atoms with E-state index in [1.54, 1.807) is 45.9 Å². The number of carbonyl (C=O) groups is 3. The lowest BCUT2D eigenvalue weighted by Gasteiger charge is -2.42. The normalized spacial score (nSPS) is 16.7. The maximum absolute atomic E-state index is 13.3. The number of hydrogen-bond acceptors (Lipinski definition) is 19. The summed E-state index contributed by atoms with van der Waals surface area (Å²) in [6.45, 7) is 89.2. The first-order valence-corrected chi connectivity index (χ1v) is 49.2. The molecule has 2 aliphatic rings. The van der Waals surface area contributed by atoms with Crippen molar-refractivity contribution in [3.8, 4) is 11.5 Å². The van der Waals surface area contributed by atoms with Crippen molar-refractivity contribution in [2.24, 2.45) is 48.7 Å². The van der Waals surface area contributed by atoms with Gasteiger partial charge in [-0.15, -0.1) is 35.3 Å². The van der Waals surface area contributed by atoms with Gasteiger partial charge in [-0.2, -0.15) is 0 Å². The summed E-state index contributed by atoms with van der Waals surface area (Å²) in [5, 5.41) is 22.4. The molecule has 1 aromatic carbocycles. The molecule has 2 fully saturated rings. The third-order valence-electron chi connectivity index (χ3n) is 20.0. The molecule has 107 heavy (non-hydrogen) atoms. The van der Waals surface area contributed by atoms with Crippen LogP contribution in [0.5, 0.6) is 11.5 Å². The summed E-state index contributed by atoms with van der Waals surface area (Å²) in [6.07, 6.45) is 7.23. The van der Waals surface area contributed by atoms with Crippen molar-refractivity contribution in [2.75, 3.05) is 95.8 Å². The molecule has 3 N–H and O–H groups in total. The summed E-state index contributed by atoms with van der Waals surface area (Å²) >= 11 is 8.18. The molecule has 0 aliphatic carbocycles. The van der Waals surface area contributed by atoms with Crippen molar-refractivity contribution in [3.63, 3.8) is 0 Å². The number of carbonyl (C=O) groups excluding carboxylic acids is 3. The molecule has 0 radical (unpaired) electrons. The highest BCUT2D eigenvalue weighted by molar-refractivity contribution is 8.14. The minimum absolute atomic E-state index is 0. The number of thioether (sulfide) groups is 5. The second kappa shape index (κ2) is 46.3. The minimum atomic E-state index is -1.94. The van der Waals surface area contributed by atoms with Crippen LogP contribution in [-0.2, 0) is 44.0 Å². The van der Waals surface area contributed by atoms with E-state index in [-0.39, 0.29) is 75.9 Å². The molecule has 3 rings (SSSR count). The quantitative estimate of drug-likeness (QED) is 0.0458. The Balaban J connectivity index is -0.00000130. The lowest BCUT2D eigenvalue weighted by atomic mass is 9.91. The van der Waals surface area contributed by atoms with Gasteiger partial charge in [0.05, 0.1) is 51.5 Å². The van der Waals surface area contributed by atoms with E-state index in [0.29, 0.717) is 54.2 Å². The van der Waals surface area contributed by atoms with Gasteiger partial charge in [0.2, 0.25) is 0 Å². The Morgan fingerprint density at radius 2 is 0.888 bits per heavy atom. The number of methoxy groups -OCH3 is 2. The van der Waals surface area contributed by atoms with Crippen molar-refractivity contribution in [1.29, 1.82) is 0 Å². The number of aryl methyl sites for hydroxylation is 1. The molecule has 2 aliphatic heterocycles. The minimum Gasteiger partial charge on any atom is -0.493 e. The lowest BCUT2D eigenvalue weighted by molar-refractivity contribution is -0.274. The average molecular weight is 1640 g/mol. The topological polar surface area (TPSA) is 178 Å². The van der Waals surface area contributed by atoms with Crippen LogP contribution in [0, 0.1) is 55.7 Å². The first kappa shape index (κ1) is 110. The van der Waals surface area contributed by atoms with E-state index >= 15 is 0 Å². The van der Waals surface area contributed by atoms with Gasteiger partial charge in [-0.05, 0) is 219 Å². The fourth-order valence-electron chi connectivity index (χ4n) is 8.41. The predicted molar refractivity (Wildman–Crippen MR) is 477 cm³/mol. The molecule has 1 aromatic rings. The van der Waals surface area contributed by atoms with Crippen molar-refractivity contribution < 1.29 is 61.9 Å². The first-order valence-electron chi connectivity index (χ1n) is 38.4. The highest BCUT2D eigenvalue weighted by atomic mass is 32.2. The molecular formula is C86H165NO13S5Si2. The van der Waals surface area contributed by atoms with E-state index in [2.05, 4.69) is 210 Å². The summed E-state index contributed by atoms with van der Waals surface area (Å²) in [7, 11) is -0.767. The van der Waals surface area contributed by atoms with Gasteiger partial charge in [-0.1, -0.05) is 210 Å². The van der Waals surface area contributed by atoms with Crippen LogP contribution in [-0.4, -0.2) is 150 Å². The summed E-state index contributed by atoms with van der Waals surface area (Å²) in [6, 6.07) is 3.58. The molecule has 1 atom stereocenters. The van der Waals surface area contributed by atoms with E-state index < -0.39 is 44.8 Å². The van der Waals surface area contributed by atoms with Gasteiger partial charge in [0.1, 0.15) is 13.2 Å². The van der Waals surface area contributed by atoms with Crippen molar-refractivity contribution >= 4 is 91.8 Å². The third-order valence-corrected chi connectivity index (χ3v) is 35.0. The van der Waals surface area contributed by atoms with Crippen LogP contribution in [0.25, 0.3) is 0 Å². The number of benzene rings is 1. The number of aliphatic hydroxyl groups excluding tert-OH is 2. The van der Waals surface area contributed by atoms with Crippen LogP contribution in [0.4, 0.5) is 4.79 Å². The molecule has 2 heterocycles. The number of ether oxygens (including phenoxy) is 6. The van der Waals surface area contributed by atoms with Crippen LogP contribution in [0.15, 0.2) is 46.6 Å². The van der Waals surface area contributed by atoms with E-state index in [9.17, 15) is 24.6 Å². The number of hydrogen-bond donors (Lipinski definition) is 3. The molecule has 21 heteroatoms. The maximum Gasteiger partial charge on any atom is 0.508 e. The van der Waals surface area contributed by atoms with Gasteiger partial charge < -0.3 is 52.8 Å². The summed E-state index contributed by atoms with van der Waals surface area (Å²) in [5.74, 6) is 5.60. The fraction of sp³-hybridized carbons (Fsp3) is 0.826. The maximum atomic E-state index is 13.3. The van der Waals surface area contributed by atoms with Crippen LogP contribution < -0.4 is 14.8 Å². The zero-order chi connectivity index (χ0) is 83.4. The molecule has 0 saturated carbocycles. The summed E-state index contributed by atoms with van der Waals surface area (Å²) in [4.78, 5) is 41.1. The van der Waals surface area contributed by atoms with Gasteiger partial charge in [-0.25, -0.2) is 4.79 Å². The van der Waals surface area contributed by atoms with E-state index in [1.807, 2.05) is 64.2 Å². The van der Waals surface area contributed by atoms with E-state index in [1.165, 1.54) is 64.8 Å². The second-order valence-electron chi connectivity index (χ2n) is 40.4. The molecule has 1 unspecified atom stereocenters. The molecule has 0 amide bonds. The van der Waals surface area contributed by atoms with Gasteiger partial charge >= 0.3 is 6.16 Å². The Morgan fingerprint density at radius 1 is 0.523 bits per heavy atom. The van der Waals surface area contributed by atoms with Gasteiger partial charge in [0, 0.05) is 41.1 Å². The third kappa shape index (κ3) is 45.4. The summed E-state index contributed by atoms with van der Waals surface area (Å²) < 4.78 is 45.5. The second-order valence-corrected chi connectivity index (χ2v) is 55.7. The highest BCUT2D eigenvalue weighted by Gasteiger charge is 2.46. The monoisotopic (exact) mass is 1640 g/mol. The number of nitrogens with one attached hydrogen (secondary N) is 1. The SMILES string of the molecule is C.C=C(SCCC(C)(C)C)C(C)(CO)CO.C=C(SCCC(C)(C)C)C1(C)CCCN1.C=C(SCCC(C)(C)C)C1(C)COC(C)(C)OC1.CC(C)(C)CCSC(=O)C(C)(CO[Si](C)(C)C(C)(C)C)CO[Si](C)(C)C(C)(C)C.COc1cc(C)c(COC(=O)OCC(C)(C)C(=O)SCCC(C)(C)C)cc1OC. The predicted octanol–water partition coefficient (Wildman–Crippen LogP) is 24.7. The average Bonchev–Trinajstić information content (AvgIpc) is 1.36. The van der Waals surface area contributed by atoms with Crippen LogP contribution in [0.1, 0.15) is 264 Å². The fourth-order valence-corrected chi connectivity index (χ4v) is 17.7. The molecule has 0 bridgehead atoms. The lowest BCUT2D eigenvalue weighted by Crippen LogP contribution is -2.49. The van der Waals surface area contributed by atoms with Crippen molar-refractivity contribution in [3.05, 3.63) is 57.7 Å². The Kier molecular flexibility index (Phi) is 47.5. The smallest absolute Gasteiger partial charge is 0.493 e.